The Morgan fingerprint density at radius 3 is 2.18 bits per heavy atom. The summed E-state index contributed by atoms with van der Waals surface area (Å²) < 4.78 is 14.3. The van der Waals surface area contributed by atoms with Crippen LogP contribution in [0.2, 0.25) is 0 Å². The van der Waals surface area contributed by atoms with Crippen molar-refractivity contribution in [3.05, 3.63) is 117 Å². The first-order valence-corrected chi connectivity index (χ1v) is 11.9. The highest BCUT2D eigenvalue weighted by Crippen LogP contribution is 2.53. The zero-order chi connectivity index (χ0) is 23.6. The van der Waals surface area contributed by atoms with E-state index in [-0.39, 0.29) is 28.4 Å². The summed E-state index contributed by atoms with van der Waals surface area (Å²) in [4.78, 5) is 28.6. The maximum Gasteiger partial charge on any atom is 0.197 e. The number of allylic oxidation sites excluding steroid dienone is 1. The van der Waals surface area contributed by atoms with E-state index in [1.165, 1.54) is 17.4 Å². The third-order valence-electron chi connectivity index (χ3n) is 6.72. The lowest BCUT2D eigenvalue weighted by molar-refractivity contribution is 0.0990. The van der Waals surface area contributed by atoms with Gasteiger partial charge >= 0.3 is 0 Å². The van der Waals surface area contributed by atoms with Gasteiger partial charge in [0.1, 0.15) is 10.8 Å². The van der Waals surface area contributed by atoms with Crippen LogP contribution in [0, 0.1) is 5.82 Å². The van der Waals surface area contributed by atoms with Crippen LogP contribution < -0.4 is 4.90 Å². The molecule has 34 heavy (non-hydrogen) atoms. The molecular formula is C29H20FNO2S. The van der Waals surface area contributed by atoms with Gasteiger partial charge in [-0.2, -0.15) is 0 Å². The minimum Gasteiger partial charge on any atom is -0.301 e. The number of nitrogens with zero attached hydrogens (tertiary/aromatic N) is 1. The van der Waals surface area contributed by atoms with Gasteiger partial charge in [-0.1, -0.05) is 56.3 Å². The maximum absolute atomic E-state index is 14.3. The van der Waals surface area contributed by atoms with Crippen molar-refractivity contribution in [2.24, 2.45) is 0 Å². The van der Waals surface area contributed by atoms with Crippen molar-refractivity contribution in [1.82, 2.24) is 0 Å². The molecule has 0 saturated carbocycles. The molecule has 3 nitrogen and oxygen atoms in total. The largest absolute Gasteiger partial charge is 0.301 e. The van der Waals surface area contributed by atoms with E-state index < -0.39 is 0 Å². The van der Waals surface area contributed by atoms with Crippen molar-refractivity contribution in [3.63, 3.8) is 0 Å². The summed E-state index contributed by atoms with van der Waals surface area (Å²) in [5.41, 5.74) is 4.73. The van der Waals surface area contributed by atoms with Gasteiger partial charge in [0.25, 0.3) is 0 Å². The average Bonchev–Trinajstić information content (AvgIpc) is 3.39. The van der Waals surface area contributed by atoms with Crippen molar-refractivity contribution in [2.45, 2.75) is 19.3 Å². The second kappa shape index (κ2) is 7.34. The summed E-state index contributed by atoms with van der Waals surface area (Å²) in [6.45, 7) is 4.22. The van der Waals surface area contributed by atoms with Crippen molar-refractivity contribution >= 4 is 45.4 Å². The van der Waals surface area contributed by atoms with Gasteiger partial charge in [0.2, 0.25) is 0 Å². The number of anilines is 3. The third kappa shape index (κ3) is 2.94. The first-order chi connectivity index (χ1) is 16.4. The fraction of sp³-hybridized carbons (Fsp3) is 0.103. The zero-order valence-corrected chi connectivity index (χ0v) is 19.4. The van der Waals surface area contributed by atoms with Gasteiger partial charge in [-0.05, 0) is 53.6 Å². The minimum atomic E-state index is -0.360. The summed E-state index contributed by atoms with van der Waals surface area (Å²) in [5.74, 6) is -0.733. The van der Waals surface area contributed by atoms with E-state index in [4.69, 9.17) is 0 Å². The van der Waals surface area contributed by atoms with Crippen LogP contribution in [0.25, 0.3) is 6.08 Å². The average molecular weight is 466 g/mol. The number of ketones is 2. The Kier molecular flexibility index (Phi) is 4.48. The van der Waals surface area contributed by atoms with E-state index in [2.05, 4.69) is 30.9 Å². The lowest BCUT2D eigenvalue weighted by Gasteiger charge is -2.41. The van der Waals surface area contributed by atoms with Gasteiger partial charge in [0.05, 0.1) is 16.9 Å². The second-order valence-corrected chi connectivity index (χ2v) is 10.2. The summed E-state index contributed by atoms with van der Waals surface area (Å²) in [6, 6.07) is 23.9. The first kappa shape index (κ1) is 20.8. The maximum atomic E-state index is 14.3. The molecule has 0 spiro atoms. The van der Waals surface area contributed by atoms with Crippen LogP contribution in [0.3, 0.4) is 0 Å². The van der Waals surface area contributed by atoms with E-state index >= 15 is 0 Å². The fourth-order valence-corrected chi connectivity index (χ4v) is 5.98. The molecule has 0 saturated heterocycles. The lowest BCUT2D eigenvalue weighted by atomic mass is 9.73. The number of benzene rings is 3. The highest BCUT2D eigenvalue weighted by molar-refractivity contribution is 7.17. The summed E-state index contributed by atoms with van der Waals surface area (Å²) in [6.07, 6.45) is 1.68. The molecular weight excluding hydrogens is 445 g/mol. The van der Waals surface area contributed by atoms with Crippen LogP contribution in [0.5, 0.6) is 0 Å². The normalized spacial score (nSPS) is 15.7. The number of thiophene rings is 1. The first-order valence-electron chi connectivity index (χ1n) is 11.1. The van der Waals surface area contributed by atoms with Crippen molar-refractivity contribution in [3.8, 4) is 0 Å². The molecule has 2 heterocycles. The molecule has 0 unspecified atom stereocenters. The van der Waals surface area contributed by atoms with Crippen LogP contribution in [-0.4, -0.2) is 11.6 Å². The topological polar surface area (TPSA) is 37.4 Å². The van der Waals surface area contributed by atoms with Crippen LogP contribution in [0.1, 0.15) is 50.6 Å². The number of halogens is 1. The molecule has 0 atom stereocenters. The molecule has 0 radical (unpaired) electrons. The summed E-state index contributed by atoms with van der Waals surface area (Å²) in [5, 5.41) is 0.929. The molecule has 1 aliphatic heterocycles. The predicted molar refractivity (Wildman–Crippen MR) is 134 cm³/mol. The number of rotatable bonds is 2. The molecule has 4 aromatic rings. The highest BCUT2D eigenvalue weighted by Gasteiger charge is 2.37. The molecule has 6 rings (SSSR count). The summed E-state index contributed by atoms with van der Waals surface area (Å²) in [7, 11) is 0. The Balaban J connectivity index is 1.46. The molecule has 1 aliphatic carbocycles. The van der Waals surface area contributed by atoms with Gasteiger partial charge in [-0.15, -0.1) is 11.3 Å². The quantitative estimate of drug-likeness (QED) is 0.228. The van der Waals surface area contributed by atoms with E-state index in [0.717, 1.165) is 32.4 Å². The van der Waals surface area contributed by atoms with Gasteiger partial charge in [0, 0.05) is 21.4 Å². The number of Topliss-reactive ketones (excluding diaryl/α,β-unsaturated/α-hetero) is 2. The zero-order valence-electron chi connectivity index (χ0n) is 18.6. The Morgan fingerprint density at radius 2 is 1.44 bits per heavy atom. The van der Waals surface area contributed by atoms with E-state index in [1.54, 1.807) is 36.4 Å². The van der Waals surface area contributed by atoms with Crippen LogP contribution in [0.4, 0.5) is 20.8 Å². The third-order valence-corrected chi connectivity index (χ3v) is 7.73. The van der Waals surface area contributed by atoms with E-state index in [0.29, 0.717) is 11.1 Å². The lowest BCUT2D eigenvalue weighted by Crippen LogP contribution is -2.30. The van der Waals surface area contributed by atoms with Gasteiger partial charge in [-0.3, -0.25) is 9.59 Å². The molecule has 0 fully saturated rings. The van der Waals surface area contributed by atoms with Crippen LogP contribution >= 0.6 is 11.3 Å². The van der Waals surface area contributed by atoms with Crippen molar-refractivity contribution < 1.29 is 14.0 Å². The molecule has 1 aromatic heterocycles. The number of carbonyl (C=O) groups excluding carboxylic acids is 2. The van der Waals surface area contributed by atoms with Gasteiger partial charge < -0.3 is 4.90 Å². The number of fused-ring (bicyclic) bond motifs is 3. The Bertz CT molecular complexity index is 1510. The number of hydrogen-bond donors (Lipinski definition) is 0. The predicted octanol–water partition coefficient (Wildman–Crippen LogP) is 7.46. The van der Waals surface area contributed by atoms with Crippen LogP contribution in [0.15, 0.2) is 84.4 Å². The molecule has 0 N–H and O–H groups in total. The minimum absolute atomic E-state index is 0.192. The monoisotopic (exact) mass is 465 g/mol. The van der Waals surface area contributed by atoms with E-state index in [1.807, 2.05) is 30.3 Å². The molecule has 0 bridgehead atoms. The SMILES string of the molecule is CC1(C)c2ccccc2N(c2ccc(C=C3C(=O)c4ccccc4C3=O)s2)c2ccc(F)cc21. The van der Waals surface area contributed by atoms with Crippen molar-refractivity contribution in [1.29, 1.82) is 0 Å². The highest BCUT2D eigenvalue weighted by atomic mass is 32.1. The van der Waals surface area contributed by atoms with Crippen LogP contribution in [-0.2, 0) is 5.41 Å². The Morgan fingerprint density at radius 1 is 0.794 bits per heavy atom. The molecule has 5 heteroatoms. The van der Waals surface area contributed by atoms with Gasteiger partial charge in [-0.25, -0.2) is 4.39 Å². The smallest absolute Gasteiger partial charge is 0.197 e. The number of carbonyl (C=O) groups is 2. The van der Waals surface area contributed by atoms with Crippen molar-refractivity contribution in [2.75, 3.05) is 4.90 Å². The molecule has 0 amide bonds. The van der Waals surface area contributed by atoms with E-state index in [9.17, 15) is 14.0 Å². The molecule has 166 valence electrons. The Labute approximate surface area is 200 Å². The summed E-state index contributed by atoms with van der Waals surface area (Å²) >= 11 is 1.49. The number of hydrogen-bond acceptors (Lipinski definition) is 4. The van der Waals surface area contributed by atoms with Gasteiger partial charge in [0.15, 0.2) is 11.6 Å². The standard InChI is InChI=1S/C29H20FNO2S/c1-29(2)22-9-5-6-10-24(22)31(25-13-11-17(30)15-23(25)29)26-14-12-18(34-26)16-21-27(32)19-7-3-4-8-20(19)28(21)33/h3-16H,1-2H3. The Hall–Kier alpha value is -3.83. The fourth-order valence-electron chi connectivity index (χ4n) is 5.00. The molecule has 3 aromatic carbocycles. The second-order valence-electron chi connectivity index (χ2n) is 9.08. The number of para-hydroxylation sites is 1. The molecule has 2 aliphatic rings.